The van der Waals surface area contributed by atoms with Crippen LogP contribution in [0.1, 0.15) is 10.5 Å². The molecular formula is C13H19Cl2N3O3. The van der Waals surface area contributed by atoms with Crippen LogP contribution in [0.2, 0.25) is 10.2 Å². The molecule has 2 rings (SSSR count). The number of aliphatic hydroxyl groups excluding tert-OH is 1. The Labute approximate surface area is 133 Å². The predicted molar refractivity (Wildman–Crippen MR) is 81.0 cm³/mol. The van der Waals surface area contributed by atoms with Gasteiger partial charge in [0.25, 0.3) is 5.91 Å². The molecule has 2 N–H and O–H groups in total. The highest BCUT2D eigenvalue weighted by Crippen LogP contribution is 2.24. The number of aromatic nitrogens is 1. The number of amides is 1. The summed E-state index contributed by atoms with van der Waals surface area (Å²) >= 11 is 11.8. The maximum atomic E-state index is 12.0. The second-order valence-corrected chi connectivity index (χ2v) is 5.77. The lowest BCUT2D eigenvalue weighted by Crippen LogP contribution is -2.44. The zero-order valence-electron chi connectivity index (χ0n) is 11.8. The Hall–Kier alpha value is -0.790. The number of β-amino-alcohol motifs (C(OH)–C–C–N with tert-alkyl or cyclic N) is 1. The monoisotopic (exact) mass is 335 g/mol. The molecule has 1 fully saturated rings. The number of nitrogens with zero attached hydrogens (tertiary/aromatic N) is 2. The third-order valence-electron chi connectivity index (χ3n) is 3.42. The average molecular weight is 336 g/mol. The Kier molecular flexibility index (Phi) is 5.89. The Morgan fingerprint density at radius 1 is 1.48 bits per heavy atom. The van der Waals surface area contributed by atoms with Gasteiger partial charge in [-0.2, -0.15) is 0 Å². The molecule has 1 unspecified atom stereocenters. The lowest BCUT2D eigenvalue weighted by atomic mass is 10.3. The number of rotatable bonds is 5. The fraction of sp³-hybridized carbons (Fsp3) is 0.615. The largest absolute Gasteiger partial charge is 0.390 e. The smallest absolute Gasteiger partial charge is 0.268 e. The van der Waals surface area contributed by atoms with Crippen molar-refractivity contribution in [3.63, 3.8) is 0 Å². The van der Waals surface area contributed by atoms with E-state index in [4.69, 9.17) is 27.9 Å². The second-order valence-electron chi connectivity index (χ2n) is 5.00. The molecule has 0 aromatic carbocycles. The lowest BCUT2D eigenvalue weighted by molar-refractivity contribution is 0.0149. The normalized spacial score (nSPS) is 17.7. The van der Waals surface area contributed by atoms with Crippen molar-refractivity contribution in [2.45, 2.75) is 6.10 Å². The van der Waals surface area contributed by atoms with Gasteiger partial charge in [-0.3, -0.25) is 9.69 Å². The minimum atomic E-state index is -0.627. The van der Waals surface area contributed by atoms with Crippen LogP contribution in [-0.2, 0) is 11.8 Å². The second kappa shape index (κ2) is 7.47. The summed E-state index contributed by atoms with van der Waals surface area (Å²) < 4.78 is 6.75. The topological polar surface area (TPSA) is 66.7 Å². The molecule has 0 bridgehead atoms. The summed E-state index contributed by atoms with van der Waals surface area (Å²) in [5.74, 6) is -0.313. The Morgan fingerprint density at radius 2 is 2.14 bits per heavy atom. The van der Waals surface area contributed by atoms with E-state index in [1.54, 1.807) is 7.05 Å². The van der Waals surface area contributed by atoms with Crippen molar-refractivity contribution in [1.29, 1.82) is 0 Å². The minimum Gasteiger partial charge on any atom is -0.390 e. The number of hydrogen-bond acceptors (Lipinski definition) is 4. The first-order valence-corrected chi connectivity index (χ1v) is 7.51. The standard InChI is InChI=1S/C13H19Cl2N3O3/c1-17-11(6-10(14)12(17)15)13(20)16-7-9(19)8-18-2-4-21-5-3-18/h6,9,19H,2-5,7-8H2,1H3,(H,16,20). The van der Waals surface area contributed by atoms with E-state index in [0.29, 0.717) is 35.6 Å². The molecular weight excluding hydrogens is 317 g/mol. The number of morpholine rings is 1. The summed E-state index contributed by atoms with van der Waals surface area (Å²) in [7, 11) is 1.66. The number of nitrogens with one attached hydrogen (secondary N) is 1. The molecule has 1 aliphatic rings. The van der Waals surface area contributed by atoms with Crippen LogP contribution in [0.3, 0.4) is 0 Å². The van der Waals surface area contributed by atoms with Crippen molar-refractivity contribution in [3.05, 3.63) is 21.9 Å². The predicted octanol–water partition coefficient (Wildman–Crippen LogP) is 0.755. The molecule has 1 aromatic rings. The van der Waals surface area contributed by atoms with Crippen LogP contribution >= 0.6 is 23.2 Å². The molecule has 1 atom stereocenters. The quantitative estimate of drug-likeness (QED) is 0.833. The highest BCUT2D eigenvalue weighted by atomic mass is 35.5. The molecule has 1 aromatic heterocycles. The maximum absolute atomic E-state index is 12.0. The van der Waals surface area contributed by atoms with Crippen LogP contribution < -0.4 is 5.32 Å². The fourth-order valence-electron chi connectivity index (χ4n) is 2.21. The number of carbonyl (C=O) groups excluding carboxylic acids is 1. The molecule has 118 valence electrons. The Morgan fingerprint density at radius 3 is 2.71 bits per heavy atom. The van der Waals surface area contributed by atoms with Gasteiger partial charge in [0.05, 0.1) is 24.3 Å². The van der Waals surface area contributed by atoms with E-state index in [9.17, 15) is 9.90 Å². The number of aliphatic hydroxyl groups is 1. The third-order valence-corrected chi connectivity index (χ3v) is 4.26. The van der Waals surface area contributed by atoms with E-state index in [1.165, 1.54) is 10.6 Å². The van der Waals surface area contributed by atoms with Gasteiger partial charge in [0.1, 0.15) is 10.8 Å². The fourth-order valence-corrected chi connectivity index (χ4v) is 2.58. The number of hydrogen-bond donors (Lipinski definition) is 2. The molecule has 0 aliphatic carbocycles. The van der Waals surface area contributed by atoms with Gasteiger partial charge in [0.15, 0.2) is 0 Å². The molecule has 2 heterocycles. The highest BCUT2D eigenvalue weighted by molar-refractivity contribution is 6.41. The van der Waals surface area contributed by atoms with Gasteiger partial charge in [0, 0.05) is 33.2 Å². The van der Waals surface area contributed by atoms with E-state index < -0.39 is 6.10 Å². The van der Waals surface area contributed by atoms with Gasteiger partial charge in [-0.25, -0.2) is 0 Å². The molecule has 8 heteroatoms. The van der Waals surface area contributed by atoms with Crippen molar-refractivity contribution < 1.29 is 14.6 Å². The van der Waals surface area contributed by atoms with E-state index in [1.807, 2.05) is 0 Å². The lowest BCUT2D eigenvalue weighted by Gasteiger charge is -2.28. The minimum absolute atomic E-state index is 0.177. The molecule has 0 radical (unpaired) electrons. The molecule has 1 saturated heterocycles. The first-order chi connectivity index (χ1) is 9.99. The zero-order chi connectivity index (χ0) is 15.4. The first-order valence-electron chi connectivity index (χ1n) is 6.76. The number of carbonyl (C=O) groups is 1. The summed E-state index contributed by atoms with van der Waals surface area (Å²) in [4.78, 5) is 14.1. The van der Waals surface area contributed by atoms with E-state index in [-0.39, 0.29) is 12.5 Å². The molecule has 6 nitrogen and oxygen atoms in total. The van der Waals surface area contributed by atoms with Gasteiger partial charge < -0.3 is 19.7 Å². The third kappa shape index (κ3) is 4.34. The van der Waals surface area contributed by atoms with Crippen molar-refractivity contribution in [1.82, 2.24) is 14.8 Å². The molecule has 21 heavy (non-hydrogen) atoms. The van der Waals surface area contributed by atoms with E-state index in [0.717, 1.165) is 13.1 Å². The maximum Gasteiger partial charge on any atom is 0.268 e. The number of ether oxygens (including phenoxy) is 1. The highest BCUT2D eigenvalue weighted by Gasteiger charge is 2.18. The average Bonchev–Trinajstić information content (AvgIpc) is 2.73. The summed E-state index contributed by atoms with van der Waals surface area (Å²) in [6.45, 7) is 3.65. The van der Waals surface area contributed by atoms with Crippen LogP contribution in [-0.4, -0.2) is 66.0 Å². The van der Waals surface area contributed by atoms with Crippen LogP contribution in [0, 0.1) is 0 Å². The molecule has 1 amide bonds. The van der Waals surface area contributed by atoms with Gasteiger partial charge in [0.2, 0.25) is 0 Å². The SMILES string of the molecule is Cn1c(C(=O)NCC(O)CN2CCOCC2)cc(Cl)c1Cl. The van der Waals surface area contributed by atoms with Crippen LogP contribution in [0.4, 0.5) is 0 Å². The van der Waals surface area contributed by atoms with Gasteiger partial charge in [-0.15, -0.1) is 0 Å². The summed E-state index contributed by atoms with van der Waals surface area (Å²) in [6, 6.07) is 1.51. The van der Waals surface area contributed by atoms with E-state index >= 15 is 0 Å². The van der Waals surface area contributed by atoms with Crippen molar-refractivity contribution >= 4 is 29.1 Å². The van der Waals surface area contributed by atoms with Crippen LogP contribution in [0.15, 0.2) is 6.07 Å². The Bertz CT molecular complexity index is 501. The number of halogens is 2. The Balaban J connectivity index is 1.81. The summed E-state index contributed by atoms with van der Waals surface area (Å²) in [5, 5.41) is 13.3. The van der Waals surface area contributed by atoms with E-state index in [2.05, 4.69) is 10.2 Å². The molecule has 0 saturated carbocycles. The van der Waals surface area contributed by atoms with Crippen LogP contribution in [0.25, 0.3) is 0 Å². The van der Waals surface area contributed by atoms with Gasteiger partial charge >= 0.3 is 0 Å². The van der Waals surface area contributed by atoms with Crippen molar-refractivity contribution in [2.24, 2.45) is 7.05 Å². The summed E-state index contributed by atoms with van der Waals surface area (Å²) in [6.07, 6.45) is -0.627. The van der Waals surface area contributed by atoms with Gasteiger partial charge in [-0.05, 0) is 6.07 Å². The van der Waals surface area contributed by atoms with Crippen molar-refractivity contribution in [2.75, 3.05) is 39.4 Å². The molecule has 0 spiro atoms. The van der Waals surface area contributed by atoms with Crippen molar-refractivity contribution in [3.8, 4) is 0 Å². The van der Waals surface area contributed by atoms with Crippen LogP contribution in [0.5, 0.6) is 0 Å². The zero-order valence-corrected chi connectivity index (χ0v) is 13.3. The van der Waals surface area contributed by atoms with Gasteiger partial charge in [-0.1, -0.05) is 23.2 Å². The molecule has 1 aliphatic heterocycles. The first kappa shape index (κ1) is 16.6. The summed E-state index contributed by atoms with van der Waals surface area (Å²) in [5.41, 5.74) is 0.364.